The van der Waals surface area contributed by atoms with Crippen LogP contribution in [0.25, 0.3) is 33.6 Å². The summed E-state index contributed by atoms with van der Waals surface area (Å²) in [5.41, 5.74) is 11.0. The van der Waals surface area contributed by atoms with E-state index in [-0.39, 0.29) is 23.9 Å². The highest BCUT2D eigenvalue weighted by Crippen LogP contribution is 2.41. The third-order valence-electron chi connectivity index (χ3n) is 11.0. The lowest BCUT2D eigenvalue weighted by molar-refractivity contribution is 0.0700. The van der Waals surface area contributed by atoms with Gasteiger partial charge in [0.15, 0.2) is 11.5 Å². The molecule has 4 fully saturated rings. The lowest BCUT2D eigenvalue weighted by Crippen LogP contribution is -2.41. The Morgan fingerprint density at radius 2 is 1.92 bits per heavy atom. The SMILES string of the molecule is COc1cc(C(=O)N2C[C@H]3CC[C@@H]2[C@@H]3N)cc2nc(-c3cc4cccnc4n3CC3CC3)n(C[C@H]3CCN(c4cncc(C#N)n4)C3)c12. The maximum Gasteiger partial charge on any atom is 0.254 e. The minimum atomic E-state index is -0.00635. The molecule has 244 valence electrons. The molecule has 2 aliphatic heterocycles. The molecule has 12 heteroatoms. The third kappa shape index (κ3) is 4.79. The quantitative estimate of drug-likeness (QED) is 0.263. The molecular weight excluding hydrogens is 604 g/mol. The number of hydrogen-bond donors (Lipinski definition) is 1. The molecule has 2 saturated carbocycles. The number of imidazole rings is 1. The molecule has 9 rings (SSSR count). The summed E-state index contributed by atoms with van der Waals surface area (Å²) in [6.45, 7) is 3.88. The number of aromatic nitrogens is 6. The van der Waals surface area contributed by atoms with Gasteiger partial charge in [0.1, 0.15) is 28.8 Å². The van der Waals surface area contributed by atoms with E-state index in [9.17, 15) is 10.1 Å². The average molecular weight is 643 g/mol. The molecule has 4 atom stereocenters. The molecule has 48 heavy (non-hydrogen) atoms. The number of fused-ring (bicyclic) bond motifs is 4. The van der Waals surface area contributed by atoms with Crippen LogP contribution in [0.3, 0.4) is 0 Å². The summed E-state index contributed by atoms with van der Waals surface area (Å²) >= 11 is 0. The molecule has 1 amide bonds. The molecule has 5 aromatic rings. The highest BCUT2D eigenvalue weighted by Gasteiger charge is 2.47. The van der Waals surface area contributed by atoms with Gasteiger partial charge in [0, 0.05) is 62.0 Å². The zero-order chi connectivity index (χ0) is 32.5. The Labute approximate surface area is 278 Å². The largest absolute Gasteiger partial charge is 0.494 e. The van der Waals surface area contributed by atoms with Crippen molar-refractivity contribution in [3.63, 3.8) is 0 Å². The first-order valence-corrected chi connectivity index (χ1v) is 17.1. The van der Waals surface area contributed by atoms with Gasteiger partial charge in [0.25, 0.3) is 5.91 Å². The number of carbonyl (C=O) groups is 1. The van der Waals surface area contributed by atoms with Crippen LogP contribution in [0.15, 0.2) is 48.9 Å². The summed E-state index contributed by atoms with van der Waals surface area (Å²) in [5.74, 6) is 3.48. The number of benzene rings is 1. The predicted molar refractivity (Wildman–Crippen MR) is 180 cm³/mol. The molecule has 2 saturated heterocycles. The van der Waals surface area contributed by atoms with Gasteiger partial charge < -0.3 is 29.4 Å². The minimum Gasteiger partial charge on any atom is -0.494 e. The van der Waals surface area contributed by atoms with Crippen LogP contribution in [0.1, 0.15) is 48.2 Å². The van der Waals surface area contributed by atoms with E-state index < -0.39 is 0 Å². The molecular formula is C36H38N10O2. The molecule has 0 radical (unpaired) electrons. The standard InChI is InChI=1S/C36H38N10O2/c1-48-30-13-25(36(47)45-20-24-6-7-28(45)32(24)38)11-27-33(30)46(19-22-8-10-43(17-22)31-16-39-15-26(14-37)41-31)35(42-27)29-12-23-3-2-9-40-34(23)44(29)18-21-4-5-21/h2-3,9,11-13,15-16,21-22,24,28,32H,4-8,10,17-20,38H2,1H3/t22-,24+,28+,32+/m0/s1. The number of amides is 1. The van der Waals surface area contributed by atoms with Crippen LogP contribution in [-0.4, -0.2) is 78.7 Å². The van der Waals surface area contributed by atoms with E-state index in [1.165, 1.54) is 19.0 Å². The maximum absolute atomic E-state index is 14.0. The molecule has 0 unspecified atom stereocenters. The van der Waals surface area contributed by atoms with Gasteiger partial charge in [-0.3, -0.25) is 9.78 Å². The molecule has 1 aromatic carbocycles. The van der Waals surface area contributed by atoms with Crippen molar-refractivity contribution in [2.24, 2.45) is 23.5 Å². The molecule has 12 nitrogen and oxygen atoms in total. The van der Waals surface area contributed by atoms with Crippen molar-refractivity contribution in [1.82, 2.24) is 34.0 Å². The first-order valence-electron chi connectivity index (χ1n) is 17.1. The highest BCUT2D eigenvalue weighted by molar-refractivity contribution is 6.00. The Morgan fingerprint density at radius 3 is 2.69 bits per heavy atom. The van der Waals surface area contributed by atoms with Gasteiger partial charge in [0.2, 0.25) is 0 Å². The second-order valence-corrected chi connectivity index (χ2v) is 14.0. The Balaban J connectivity index is 1.15. The van der Waals surface area contributed by atoms with Crippen LogP contribution in [0, 0.1) is 29.1 Å². The van der Waals surface area contributed by atoms with Crippen molar-refractivity contribution in [1.29, 1.82) is 5.26 Å². The summed E-state index contributed by atoms with van der Waals surface area (Å²) in [5, 5.41) is 10.5. The van der Waals surface area contributed by atoms with Crippen LogP contribution in [0.4, 0.5) is 5.82 Å². The second-order valence-electron chi connectivity index (χ2n) is 14.0. The molecule has 4 aromatic heterocycles. The Kier molecular flexibility index (Phi) is 6.86. The fourth-order valence-corrected chi connectivity index (χ4v) is 8.36. The number of carbonyl (C=O) groups excluding carboxylic acids is 1. The van der Waals surface area contributed by atoms with Gasteiger partial charge in [-0.05, 0) is 80.2 Å². The summed E-state index contributed by atoms with van der Waals surface area (Å²) in [6.07, 6.45) is 10.5. The van der Waals surface area contributed by atoms with Gasteiger partial charge in [-0.25, -0.2) is 15.0 Å². The highest BCUT2D eigenvalue weighted by atomic mass is 16.5. The van der Waals surface area contributed by atoms with Crippen molar-refractivity contribution >= 4 is 33.8 Å². The van der Waals surface area contributed by atoms with Crippen LogP contribution in [0.5, 0.6) is 5.75 Å². The number of nitrogens with two attached hydrogens (primary N) is 1. The zero-order valence-corrected chi connectivity index (χ0v) is 27.0. The number of anilines is 1. The zero-order valence-electron chi connectivity index (χ0n) is 27.0. The van der Waals surface area contributed by atoms with E-state index in [1.807, 2.05) is 29.3 Å². The van der Waals surface area contributed by atoms with Crippen LogP contribution in [-0.2, 0) is 13.1 Å². The Hall–Kier alpha value is -5.02. The van der Waals surface area contributed by atoms with Crippen molar-refractivity contribution < 1.29 is 9.53 Å². The number of nitriles is 1. The van der Waals surface area contributed by atoms with Crippen LogP contribution < -0.4 is 15.4 Å². The van der Waals surface area contributed by atoms with Gasteiger partial charge >= 0.3 is 0 Å². The maximum atomic E-state index is 14.0. The minimum absolute atomic E-state index is 0.00635. The van der Waals surface area contributed by atoms with Gasteiger partial charge in [-0.1, -0.05) is 0 Å². The van der Waals surface area contributed by atoms with Crippen molar-refractivity contribution in [3.05, 3.63) is 60.2 Å². The number of likely N-dealkylation sites (tertiary alicyclic amines) is 1. The molecule has 2 N–H and O–H groups in total. The van der Waals surface area contributed by atoms with E-state index in [4.69, 9.17) is 20.4 Å². The fourth-order valence-electron chi connectivity index (χ4n) is 8.36. The van der Waals surface area contributed by atoms with Crippen LogP contribution in [0.2, 0.25) is 0 Å². The number of pyridine rings is 1. The van der Waals surface area contributed by atoms with Crippen molar-refractivity contribution in [2.45, 2.75) is 57.3 Å². The number of methoxy groups -OCH3 is 1. The summed E-state index contributed by atoms with van der Waals surface area (Å²) in [6, 6.07) is 12.4. The van der Waals surface area contributed by atoms with Gasteiger partial charge in [0.05, 0.1) is 30.7 Å². The molecule has 6 heterocycles. The third-order valence-corrected chi connectivity index (χ3v) is 11.0. The number of rotatable bonds is 8. The monoisotopic (exact) mass is 642 g/mol. The molecule has 2 bridgehead atoms. The topological polar surface area (TPSA) is 144 Å². The first-order chi connectivity index (χ1) is 23.5. The lowest BCUT2D eigenvalue weighted by Gasteiger charge is -2.27. The van der Waals surface area contributed by atoms with Crippen LogP contribution >= 0.6 is 0 Å². The van der Waals surface area contributed by atoms with E-state index >= 15 is 0 Å². The normalized spacial score (nSPS) is 23.4. The fraction of sp³-hybridized carbons (Fsp3) is 0.444. The van der Waals surface area contributed by atoms with E-state index in [0.717, 1.165) is 78.3 Å². The Bertz CT molecular complexity index is 2110. The number of piperidine rings is 1. The number of nitrogens with zero attached hydrogens (tertiary/aromatic N) is 9. The summed E-state index contributed by atoms with van der Waals surface area (Å²) < 4.78 is 10.7. The van der Waals surface area contributed by atoms with Gasteiger partial charge in [-0.15, -0.1) is 0 Å². The van der Waals surface area contributed by atoms with Gasteiger partial charge in [-0.2, -0.15) is 5.26 Å². The summed E-state index contributed by atoms with van der Waals surface area (Å²) in [7, 11) is 1.67. The summed E-state index contributed by atoms with van der Waals surface area (Å²) in [4.78, 5) is 37.0. The van der Waals surface area contributed by atoms with Crippen molar-refractivity contribution in [3.8, 4) is 23.3 Å². The van der Waals surface area contributed by atoms with E-state index in [1.54, 1.807) is 13.3 Å². The predicted octanol–water partition coefficient (Wildman–Crippen LogP) is 4.22. The number of hydrogen-bond acceptors (Lipinski definition) is 9. The van der Waals surface area contributed by atoms with E-state index in [2.05, 4.69) is 42.2 Å². The smallest absolute Gasteiger partial charge is 0.254 e. The average Bonchev–Trinajstić information content (AvgIpc) is 3.43. The first kappa shape index (κ1) is 29.1. The van der Waals surface area contributed by atoms with Crippen molar-refractivity contribution in [2.75, 3.05) is 31.6 Å². The number of ether oxygens (including phenoxy) is 1. The molecule has 0 spiro atoms. The molecule has 4 aliphatic rings. The molecule has 2 aliphatic carbocycles. The lowest BCUT2D eigenvalue weighted by atomic mass is 10.1. The van der Waals surface area contributed by atoms with E-state index in [0.29, 0.717) is 41.9 Å². The second kappa shape index (κ2) is 11.3. The Morgan fingerprint density at radius 1 is 1.04 bits per heavy atom.